The van der Waals surface area contributed by atoms with Crippen molar-refractivity contribution < 1.29 is 17.9 Å². The van der Waals surface area contributed by atoms with Gasteiger partial charge in [-0.3, -0.25) is 0 Å². The second kappa shape index (κ2) is 5.63. The zero-order valence-corrected chi connectivity index (χ0v) is 9.53. The zero-order chi connectivity index (χ0) is 13.0. The molecule has 0 saturated heterocycles. The van der Waals surface area contributed by atoms with Gasteiger partial charge in [0.15, 0.2) is 5.58 Å². The number of hydrogen-bond donors (Lipinski definition) is 2. The molecule has 2 rings (SSSR count). The van der Waals surface area contributed by atoms with Gasteiger partial charge in [-0.25, -0.2) is 8.78 Å². The largest absolute Gasteiger partial charge is 0.424 e. The molecule has 0 aliphatic carbocycles. The van der Waals surface area contributed by atoms with Crippen LogP contribution in [0.25, 0.3) is 11.1 Å². The number of fused-ring (bicyclic) bond motifs is 1. The molecule has 0 fully saturated rings. The van der Waals surface area contributed by atoms with Crippen molar-refractivity contribution in [2.75, 3.05) is 30.8 Å². The number of rotatable bonds is 6. The molecule has 0 radical (unpaired) electrons. The number of oxazole rings is 1. The van der Waals surface area contributed by atoms with Crippen LogP contribution in [0.15, 0.2) is 22.6 Å². The minimum Gasteiger partial charge on any atom is -0.424 e. The Morgan fingerprint density at radius 2 is 2.28 bits per heavy atom. The van der Waals surface area contributed by atoms with Crippen LogP contribution in [0.3, 0.4) is 0 Å². The van der Waals surface area contributed by atoms with Crippen LogP contribution in [-0.2, 0) is 4.74 Å². The van der Waals surface area contributed by atoms with E-state index in [1.165, 1.54) is 0 Å². The zero-order valence-electron chi connectivity index (χ0n) is 9.53. The average molecular weight is 257 g/mol. The van der Waals surface area contributed by atoms with E-state index in [0.717, 1.165) is 0 Å². The van der Waals surface area contributed by atoms with Crippen molar-refractivity contribution in [3.63, 3.8) is 0 Å². The summed E-state index contributed by atoms with van der Waals surface area (Å²) >= 11 is 0. The van der Waals surface area contributed by atoms with Crippen LogP contribution in [0, 0.1) is 0 Å². The number of hydrogen-bond acceptors (Lipinski definition) is 5. The number of nitrogens with two attached hydrogens (primary N) is 1. The highest BCUT2D eigenvalue weighted by Crippen LogP contribution is 2.20. The second-order valence-corrected chi connectivity index (χ2v) is 3.64. The topological polar surface area (TPSA) is 73.3 Å². The third-order valence-electron chi connectivity index (χ3n) is 2.18. The summed E-state index contributed by atoms with van der Waals surface area (Å²) in [6.07, 6.45) is -2.45. The molecule has 0 unspecified atom stereocenters. The Morgan fingerprint density at radius 3 is 3.06 bits per heavy atom. The van der Waals surface area contributed by atoms with Gasteiger partial charge in [-0.1, -0.05) is 0 Å². The first-order valence-electron chi connectivity index (χ1n) is 5.41. The fourth-order valence-corrected chi connectivity index (χ4v) is 1.42. The number of halogens is 2. The lowest BCUT2D eigenvalue weighted by Gasteiger charge is -2.03. The van der Waals surface area contributed by atoms with Gasteiger partial charge in [0, 0.05) is 12.2 Å². The summed E-state index contributed by atoms with van der Waals surface area (Å²) in [5.74, 6) is 0. The van der Waals surface area contributed by atoms with Gasteiger partial charge in [-0.05, 0) is 18.2 Å². The van der Waals surface area contributed by atoms with E-state index in [1.807, 2.05) is 0 Å². The normalized spacial score (nSPS) is 11.3. The molecule has 98 valence electrons. The van der Waals surface area contributed by atoms with Gasteiger partial charge >= 0.3 is 0 Å². The van der Waals surface area contributed by atoms with Gasteiger partial charge in [0.05, 0.1) is 6.61 Å². The number of nitrogens with one attached hydrogen (secondary N) is 1. The molecule has 7 heteroatoms. The third kappa shape index (κ3) is 3.30. The number of aromatic nitrogens is 1. The molecule has 2 aromatic rings. The lowest BCUT2D eigenvalue weighted by molar-refractivity contribution is 0.0214. The minimum absolute atomic E-state index is 0.158. The van der Waals surface area contributed by atoms with Gasteiger partial charge in [0.25, 0.3) is 12.4 Å². The number of anilines is 2. The smallest absolute Gasteiger partial charge is 0.295 e. The molecular formula is C11H13F2N3O2. The molecular weight excluding hydrogens is 244 g/mol. The van der Waals surface area contributed by atoms with Crippen LogP contribution in [0.2, 0.25) is 0 Å². The lowest BCUT2D eigenvalue weighted by atomic mass is 10.3. The summed E-state index contributed by atoms with van der Waals surface area (Å²) < 4.78 is 33.6. The molecule has 1 aromatic carbocycles. The summed E-state index contributed by atoms with van der Waals surface area (Å²) in [6, 6.07) is 5.44. The maximum Gasteiger partial charge on any atom is 0.295 e. The summed E-state index contributed by atoms with van der Waals surface area (Å²) in [7, 11) is 0. The van der Waals surface area contributed by atoms with Crippen molar-refractivity contribution >= 4 is 22.8 Å². The van der Waals surface area contributed by atoms with Crippen LogP contribution in [0.1, 0.15) is 0 Å². The van der Waals surface area contributed by atoms with E-state index in [9.17, 15) is 8.78 Å². The molecule has 0 spiro atoms. The van der Waals surface area contributed by atoms with E-state index >= 15 is 0 Å². The number of benzene rings is 1. The molecule has 0 bridgehead atoms. The monoisotopic (exact) mass is 257 g/mol. The molecule has 18 heavy (non-hydrogen) atoms. The molecule has 0 atom stereocenters. The van der Waals surface area contributed by atoms with Crippen LogP contribution in [0.5, 0.6) is 0 Å². The fraction of sp³-hybridized carbons (Fsp3) is 0.364. The Morgan fingerprint density at radius 1 is 1.44 bits per heavy atom. The molecule has 0 aliphatic heterocycles. The maximum absolute atomic E-state index is 11.8. The molecule has 1 heterocycles. The first-order valence-corrected chi connectivity index (χ1v) is 5.41. The molecule has 0 amide bonds. The van der Waals surface area contributed by atoms with Crippen LogP contribution in [0.4, 0.5) is 20.5 Å². The Balaban J connectivity index is 1.84. The van der Waals surface area contributed by atoms with Gasteiger partial charge in [-0.2, -0.15) is 4.98 Å². The van der Waals surface area contributed by atoms with Gasteiger partial charge in [0.2, 0.25) is 0 Å². The van der Waals surface area contributed by atoms with Crippen LogP contribution >= 0.6 is 0 Å². The maximum atomic E-state index is 11.8. The highest BCUT2D eigenvalue weighted by atomic mass is 19.3. The number of nitrogen functional groups attached to an aromatic ring is 1. The summed E-state index contributed by atoms with van der Waals surface area (Å²) in [4.78, 5) is 4.14. The minimum atomic E-state index is -2.45. The quantitative estimate of drug-likeness (QED) is 0.612. The van der Waals surface area contributed by atoms with E-state index in [-0.39, 0.29) is 6.61 Å². The molecule has 1 aromatic heterocycles. The number of alkyl halides is 2. The van der Waals surface area contributed by atoms with E-state index in [1.54, 1.807) is 18.2 Å². The van der Waals surface area contributed by atoms with E-state index in [0.29, 0.717) is 29.3 Å². The van der Waals surface area contributed by atoms with Crippen molar-refractivity contribution in [3.05, 3.63) is 18.2 Å². The van der Waals surface area contributed by atoms with Crippen LogP contribution in [-0.4, -0.2) is 31.2 Å². The summed E-state index contributed by atoms with van der Waals surface area (Å²) in [5, 5.41) is 2.84. The summed E-state index contributed by atoms with van der Waals surface area (Å²) in [5.41, 5.74) is 7.46. The molecule has 0 saturated carbocycles. The Labute approximate surface area is 102 Å². The Bertz CT molecular complexity index is 516. The first-order chi connectivity index (χ1) is 8.65. The third-order valence-corrected chi connectivity index (χ3v) is 2.18. The molecule has 3 N–H and O–H groups in total. The van der Waals surface area contributed by atoms with E-state index in [4.69, 9.17) is 14.9 Å². The van der Waals surface area contributed by atoms with Crippen molar-refractivity contribution in [2.45, 2.75) is 6.43 Å². The van der Waals surface area contributed by atoms with Crippen molar-refractivity contribution in [1.29, 1.82) is 0 Å². The average Bonchev–Trinajstić information content (AvgIpc) is 2.70. The molecule has 5 nitrogen and oxygen atoms in total. The van der Waals surface area contributed by atoms with Gasteiger partial charge in [-0.15, -0.1) is 0 Å². The van der Waals surface area contributed by atoms with Crippen molar-refractivity contribution in [1.82, 2.24) is 4.98 Å². The SMILES string of the molecule is Nc1ccc2oc(NCCOCC(F)F)nc2c1. The highest BCUT2D eigenvalue weighted by Gasteiger charge is 2.05. The second-order valence-electron chi connectivity index (χ2n) is 3.64. The number of nitrogens with zero attached hydrogens (tertiary/aromatic N) is 1. The predicted octanol–water partition coefficient (Wildman–Crippen LogP) is 2.10. The van der Waals surface area contributed by atoms with Gasteiger partial charge < -0.3 is 20.2 Å². The molecule has 0 aliphatic rings. The van der Waals surface area contributed by atoms with Crippen molar-refractivity contribution in [2.24, 2.45) is 0 Å². The van der Waals surface area contributed by atoms with Crippen LogP contribution < -0.4 is 11.1 Å². The predicted molar refractivity (Wildman–Crippen MR) is 63.7 cm³/mol. The first kappa shape index (κ1) is 12.6. The highest BCUT2D eigenvalue weighted by molar-refractivity contribution is 5.78. The van der Waals surface area contributed by atoms with Gasteiger partial charge in [0.1, 0.15) is 12.1 Å². The summed E-state index contributed by atoms with van der Waals surface area (Å²) in [6.45, 7) is -0.0635. The standard InChI is InChI=1S/C11H13F2N3O2/c12-10(13)6-17-4-3-15-11-16-8-5-7(14)1-2-9(8)18-11/h1-2,5,10H,3-4,6,14H2,(H,15,16). The fourth-order valence-electron chi connectivity index (χ4n) is 1.42. The van der Waals surface area contributed by atoms with E-state index in [2.05, 4.69) is 10.3 Å². The Kier molecular flexibility index (Phi) is 3.93. The number of ether oxygens (including phenoxy) is 1. The Hall–Kier alpha value is -1.89. The van der Waals surface area contributed by atoms with Crippen molar-refractivity contribution in [3.8, 4) is 0 Å². The van der Waals surface area contributed by atoms with E-state index < -0.39 is 13.0 Å². The lowest BCUT2D eigenvalue weighted by Crippen LogP contribution is -2.13.